The Kier molecular flexibility index (Phi) is 4.31. The van der Waals surface area contributed by atoms with E-state index in [1.54, 1.807) is 23.1 Å². The molecule has 4 rings (SSSR count). The van der Waals surface area contributed by atoms with E-state index in [1.165, 1.54) is 12.1 Å². The first kappa shape index (κ1) is 16.0. The number of nitrogens with one attached hydrogen (secondary N) is 1. The second-order valence-electron chi connectivity index (χ2n) is 6.41. The van der Waals surface area contributed by atoms with Gasteiger partial charge in [0.2, 0.25) is 0 Å². The highest BCUT2D eigenvalue weighted by Gasteiger charge is 2.27. The van der Waals surface area contributed by atoms with Gasteiger partial charge in [-0.15, -0.1) is 5.10 Å². The predicted molar refractivity (Wildman–Crippen MR) is 89.7 cm³/mol. The number of carbonyl (C=O) groups excluding carboxylic acids is 1. The predicted octanol–water partition coefficient (Wildman–Crippen LogP) is 3.10. The Morgan fingerprint density at radius 3 is 2.84 bits per heavy atom. The van der Waals surface area contributed by atoms with Crippen LogP contribution in [0.5, 0.6) is 0 Å². The average Bonchev–Trinajstić information content (AvgIpc) is 3.48. The van der Waals surface area contributed by atoms with Crippen LogP contribution in [0, 0.1) is 5.82 Å². The number of halogens is 1. The van der Waals surface area contributed by atoms with Gasteiger partial charge < -0.3 is 9.64 Å². The lowest BCUT2D eigenvalue weighted by molar-refractivity contribution is -0.0136. The number of amides is 2. The lowest BCUT2D eigenvalue weighted by atomic mass is 10.1. The first-order valence-corrected chi connectivity index (χ1v) is 8.45. The van der Waals surface area contributed by atoms with Crippen molar-refractivity contribution >= 4 is 11.8 Å². The van der Waals surface area contributed by atoms with Crippen LogP contribution < -0.4 is 5.32 Å². The van der Waals surface area contributed by atoms with E-state index in [2.05, 4.69) is 15.5 Å². The fraction of sp³-hybridized carbons (Fsp3) is 0.389. The van der Waals surface area contributed by atoms with E-state index in [0.717, 1.165) is 24.1 Å². The summed E-state index contributed by atoms with van der Waals surface area (Å²) < 4.78 is 19.1. The minimum Gasteiger partial charge on any atom is -0.370 e. The number of ether oxygens (including phenoxy) is 1. The fourth-order valence-corrected chi connectivity index (χ4v) is 2.94. The maximum Gasteiger partial charge on any atom is 0.323 e. The van der Waals surface area contributed by atoms with E-state index in [1.807, 2.05) is 6.07 Å². The molecule has 25 heavy (non-hydrogen) atoms. The number of aromatic nitrogens is 2. The van der Waals surface area contributed by atoms with E-state index in [-0.39, 0.29) is 18.0 Å². The fourth-order valence-electron chi connectivity index (χ4n) is 2.94. The van der Waals surface area contributed by atoms with E-state index < -0.39 is 0 Å². The minimum absolute atomic E-state index is 0.252. The number of hydrogen-bond donors (Lipinski definition) is 1. The highest BCUT2D eigenvalue weighted by atomic mass is 19.1. The van der Waals surface area contributed by atoms with Crippen molar-refractivity contribution in [3.05, 3.63) is 53.5 Å². The number of benzene rings is 1. The molecule has 2 fully saturated rings. The van der Waals surface area contributed by atoms with Crippen molar-refractivity contribution in [1.29, 1.82) is 0 Å². The second kappa shape index (κ2) is 6.76. The largest absolute Gasteiger partial charge is 0.370 e. The summed E-state index contributed by atoms with van der Waals surface area (Å²) in [5, 5.41) is 11.0. The van der Waals surface area contributed by atoms with Gasteiger partial charge in [-0.2, -0.15) is 5.10 Å². The molecule has 1 saturated carbocycles. The number of morpholine rings is 1. The Bertz CT molecular complexity index is 764. The van der Waals surface area contributed by atoms with Crippen LogP contribution in [0.3, 0.4) is 0 Å². The van der Waals surface area contributed by atoms with Crippen LogP contribution in [0.25, 0.3) is 0 Å². The van der Waals surface area contributed by atoms with Crippen LogP contribution in [-0.4, -0.2) is 40.8 Å². The Balaban J connectivity index is 1.39. The Hall–Kier alpha value is -2.54. The molecule has 2 heterocycles. The lowest BCUT2D eigenvalue weighted by Crippen LogP contribution is -2.44. The molecule has 0 radical (unpaired) electrons. The Morgan fingerprint density at radius 1 is 1.24 bits per heavy atom. The normalized spacial score (nSPS) is 20.4. The van der Waals surface area contributed by atoms with Crippen molar-refractivity contribution in [2.24, 2.45) is 0 Å². The van der Waals surface area contributed by atoms with E-state index in [0.29, 0.717) is 31.4 Å². The summed E-state index contributed by atoms with van der Waals surface area (Å²) >= 11 is 0. The molecule has 1 atom stereocenters. The molecule has 1 N–H and O–H groups in total. The summed E-state index contributed by atoms with van der Waals surface area (Å²) in [5.41, 5.74) is 1.71. The molecule has 6 nitrogen and oxygen atoms in total. The van der Waals surface area contributed by atoms with Crippen molar-refractivity contribution in [1.82, 2.24) is 15.1 Å². The standard InChI is InChI=1S/C18H19FN4O2/c19-14-3-1-2-13(10-14)16-11-23(8-9-25-16)18(24)20-17-7-6-15(21-22-17)12-4-5-12/h1-3,6-7,10,12,16H,4-5,8-9,11H2,(H,20,22,24). The van der Waals surface area contributed by atoms with Gasteiger partial charge in [0.1, 0.15) is 11.9 Å². The third-order valence-corrected chi connectivity index (χ3v) is 4.49. The molecular weight excluding hydrogens is 323 g/mol. The molecule has 0 bridgehead atoms. The molecule has 1 aliphatic heterocycles. The van der Waals surface area contributed by atoms with Gasteiger partial charge in [-0.25, -0.2) is 9.18 Å². The van der Waals surface area contributed by atoms with Gasteiger partial charge in [-0.3, -0.25) is 5.32 Å². The van der Waals surface area contributed by atoms with Crippen molar-refractivity contribution in [2.75, 3.05) is 25.0 Å². The minimum atomic E-state index is -0.335. The molecule has 2 amide bonds. The molecule has 1 aromatic heterocycles. The van der Waals surface area contributed by atoms with Gasteiger partial charge in [-0.1, -0.05) is 12.1 Å². The van der Waals surface area contributed by atoms with Crippen LogP contribution in [0.1, 0.15) is 36.1 Å². The quantitative estimate of drug-likeness (QED) is 0.931. The molecule has 1 unspecified atom stereocenters. The Labute approximate surface area is 145 Å². The molecule has 1 aliphatic carbocycles. The van der Waals surface area contributed by atoms with Crippen molar-refractivity contribution in [2.45, 2.75) is 24.9 Å². The topological polar surface area (TPSA) is 67.4 Å². The molecule has 1 saturated heterocycles. The van der Waals surface area contributed by atoms with E-state index in [9.17, 15) is 9.18 Å². The van der Waals surface area contributed by atoms with Crippen LogP contribution in [0.15, 0.2) is 36.4 Å². The molecule has 7 heteroatoms. The molecule has 2 aliphatic rings. The SMILES string of the molecule is O=C(Nc1ccc(C2CC2)nn1)N1CCOC(c2cccc(F)c2)C1. The maximum absolute atomic E-state index is 13.4. The van der Waals surface area contributed by atoms with Crippen LogP contribution in [0.4, 0.5) is 15.0 Å². The molecular formula is C18H19FN4O2. The zero-order valence-corrected chi connectivity index (χ0v) is 13.7. The summed E-state index contributed by atoms with van der Waals surface area (Å²) in [4.78, 5) is 14.1. The van der Waals surface area contributed by atoms with Gasteiger partial charge in [0, 0.05) is 12.5 Å². The number of rotatable bonds is 3. The molecule has 0 spiro atoms. The van der Waals surface area contributed by atoms with E-state index >= 15 is 0 Å². The van der Waals surface area contributed by atoms with Crippen LogP contribution >= 0.6 is 0 Å². The zero-order valence-electron chi connectivity index (χ0n) is 13.7. The highest BCUT2D eigenvalue weighted by molar-refractivity contribution is 5.88. The summed E-state index contributed by atoms with van der Waals surface area (Å²) in [6.07, 6.45) is 1.99. The lowest BCUT2D eigenvalue weighted by Gasteiger charge is -2.33. The maximum atomic E-state index is 13.4. The average molecular weight is 342 g/mol. The number of nitrogens with zero attached hydrogens (tertiary/aromatic N) is 3. The summed E-state index contributed by atoms with van der Waals surface area (Å²) in [7, 11) is 0. The monoisotopic (exact) mass is 342 g/mol. The molecule has 130 valence electrons. The van der Waals surface area contributed by atoms with Crippen LogP contribution in [0.2, 0.25) is 0 Å². The first-order valence-electron chi connectivity index (χ1n) is 8.45. The van der Waals surface area contributed by atoms with Crippen molar-refractivity contribution in [3.8, 4) is 0 Å². The highest BCUT2D eigenvalue weighted by Crippen LogP contribution is 2.38. The number of anilines is 1. The summed E-state index contributed by atoms with van der Waals surface area (Å²) in [6.45, 7) is 1.25. The van der Waals surface area contributed by atoms with Crippen LogP contribution in [-0.2, 0) is 4.74 Å². The van der Waals surface area contributed by atoms with Gasteiger partial charge >= 0.3 is 6.03 Å². The van der Waals surface area contributed by atoms with E-state index in [4.69, 9.17) is 4.74 Å². The third kappa shape index (κ3) is 3.76. The zero-order chi connectivity index (χ0) is 17.2. The summed E-state index contributed by atoms with van der Waals surface area (Å²) in [6, 6.07) is 9.71. The van der Waals surface area contributed by atoms with Crippen molar-refractivity contribution in [3.63, 3.8) is 0 Å². The van der Waals surface area contributed by atoms with Gasteiger partial charge in [-0.05, 0) is 42.7 Å². The summed E-state index contributed by atoms with van der Waals surface area (Å²) in [5.74, 6) is 0.653. The van der Waals surface area contributed by atoms with Gasteiger partial charge in [0.15, 0.2) is 5.82 Å². The molecule has 2 aromatic rings. The Morgan fingerprint density at radius 2 is 2.12 bits per heavy atom. The van der Waals surface area contributed by atoms with Gasteiger partial charge in [0.05, 0.1) is 18.8 Å². The third-order valence-electron chi connectivity index (χ3n) is 4.49. The first-order chi connectivity index (χ1) is 12.2. The van der Waals surface area contributed by atoms with Crippen molar-refractivity contribution < 1.29 is 13.9 Å². The number of carbonyl (C=O) groups is 1. The van der Waals surface area contributed by atoms with Gasteiger partial charge in [0.25, 0.3) is 0 Å². The number of hydrogen-bond acceptors (Lipinski definition) is 4. The smallest absolute Gasteiger partial charge is 0.323 e. The second-order valence-corrected chi connectivity index (χ2v) is 6.41. The molecule has 1 aromatic carbocycles. The number of urea groups is 1.